The molecule has 84 valence electrons. The first-order valence-corrected chi connectivity index (χ1v) is 6.15. The van der Waals surface area contributed by atoms with Crippen molar-refractivity contribution in [2.45, 2.75) is 6.42 Å². The number of carbonyl (C=O) groups is 1. The summed E-state index contributed by atoms with van der Waals surface area (Å²) in [5.74, 6) is -0.505. The Labute approximate surface area is 89.0 Å². The van der Waals surface area contributed by atoms with E-state index in [0.717, 1.165) is 4.31 Å². The van der Waals surface area contributed by atoms with Gasteiger partial charge in [-0.1, -0.05) is 0 Å². The highest BCUT2D eigenvalue weighted by Gasteiger charge is 2.17. The van der Waals surface area contributed by atoms with Crippen LogP contribution in [0.5, 0.6) is 0 Å². The van der Waals surface area contributed by atoms with Gasteiger partial charge in [0, 0.05) is 19.5 Å². The number of rotatable bonds is 6. The second kappa shape index (κ2) is 6.21. The molecule has 0 fully saturated rings. The van der Waals surface area contributed by atoms with Gasteiger partial charge >= 0.3 is 5.97 Å². The van der Waals surface area contributed by atoms with Crippen LogP contribution in [0.4, 0.5) is 0 Å². The van der Waals surface area contributed by atoms with Crippen LogP contribution in [-0.4, -0.2) is 51.0 Å². The molecular weight excluding hydrogens is 230 g/mol. The molecule has 0 radical (unpaired) electrons. The Morgan fingerprint density at radius 1 is 1.50 bits per heavy atom. The molecule has 0 N–H and O–H groups in total. The maximum atomic E-state index is 11.3. The Bertz CT molecular complexity index is 277. The first-order chi connectivity index (χ1) is 6.44. The molecule has 0 rings (SSSR count). The molecule has 0 unspecified atom stereocenters. The lowest BCUT2D eigenvalue weighted by molar-refractivity contribution is -0.140. The third kappa shape index (κ3) is 4.78. The molecule has 0 aromatic heterocycles. The zero-order valence-electron chi connectivity index (χ0n) is 8.19. The van der Waals surface area contributed by atoms with Crippen molar-refractivity contribution < 1.29 is 17.9 Å². The maximum Gasteiger partial charge on any atom is 0.306 e. The monoisotopic (exact) mass is 243 g/mol. The normalized spacial score (nSPS) is 11.7. The average Bonchev–Trinajstić information content (AvgIpc) is 2.13. The van der Waals surface area contributed by atoms with E-state index in [9.17, 15) is 13.2 Å². The standard InChI is InChI=1S/C7H14ClNO4S/c1-9(5-3-7(10)13-2)14(11,12)6-4-8/h3-6H2,1-2H3. The Balaban J connectivity index is 4.08. The summed E-state index contributed by atoms with van der Waals surface area (Å²) in [6, 6.07) is 0. The van der Waals surface area contributed by atoms with Gasteiger partial charge < -0.3 is 4.74 Å². The van der Waals surface area contributed by atoms with Crippen molar-refractivity contribution in [1.29, 1.82) is 0 Å². The number of alkyl halides is 1. The summed E-state index contributed by atoms with van der Waals surface area (Å²) in [4.78, 5) is 10.7. The molecule has 14 heavy (non-hydrogen) atoms. The van der Waals surface area contributed by atoms with Gasteiger partial charge in [0.1, 0.15) is 0 Å². The molecule has 0 spiro atoms. The molecule has 0 saturated carbocycles. The topological polar surface area (TPSA) is 63.7 Å². The quantitative estimate of drug-likeness (QED) is 0.489. The first kappa shape index (κ1) is 13.7. The van der Waals surface area contributed by atoms with Crippen molar-refractivity contribution in [3.05, 3.63) is 0 Å². The van der Waals surface area contributed by atoms with Crippen LogP contribution < -0.4 is 0 Å². The number of hydrogen-bond acceptors (Lipinski definition) is 4. The van der Waals surface area contributed by atoms with E-state index in [1.807, 2.05) is 0 Å². The third-order valence-corrected chi connectivity index (χ3v) is 3.93. The van der Waals surface area contributed by atoms with Gasteiger partial charge in [0.2, 0.25) is 10.0 Å². The highest BCUT2D eigenvalue weighted by atomic mass is 35.5. The lowest BCUT2D eigenvalue weighted by Gasteiger charge is -2.15. The van der Waals surface area contributed by atoms with Gasteiger partial charge in [0.05, 0.1) is 19.3 Å². The summed E-state index contributed by atoms with van der Waals surface area (Å²) < 4.78 is 28.1. The number of carbonyl (C=O) groups excluding carboxylic acids is 1. The van der Waals surface area contributed by atoms with Crippen LogP contribution in [-0.2, 0) is 19.6 Å². The zero-order valence-corrected chi connectivity index (χ0v) is 9.77. The minimum Gasteiger partial charge on any atom is -0.469 e. The number of hydrogen-bond donors (Lipinski definition) is 0. The van der Waals surface area contributed by atoms with E-state index in [1.165, 1.54) is 14.2 Å². The minimum absolute atomic E-state index is 0.0465. The molecule has 5 nitrogen and oxygen atoms in total. The molecular formula is C7H14ClNO4S. The van der Waals surface area contributed by atoms with Crippen molar-refractivity contribution in [3.8, 4) is 0 Å². The van der Waals surface area contributed by atoms with Crippen molar-refractivity contribution in [2.24, 2.45) is 0 Å². The predicted octanol–water partition coefficient (Wildman–Crippen LogP) is 0.0499. The Morgan fingerprint density at radius 2 is 2.07 bits per heavy atom. The zero-order chi connectivity index (χ0) is 11.2. The highest BCUT2D eigenvalue weighted by molar-refractivity contribution is 7.89. The van der Waals surface area contributed by atoms with Crippen LogP contribution in [0, 0.1) is 0 Å². The summed E-state index contributed by atoms with van der Waals surface area (Å²) >= 11 is 5.32. The maximum absolute atomic E-state index is 11.3. The molecule has 0 aliphatic carbocycles. The fourth-order valence-corrected chi connectivity index (χ4v) is 2.20. The van der Waals surface area contributed by atoms with Gasteiger partial charge in [0.25, 0.3) is 0 Å². The molecule has 0 aromatic rings. The van der Waals surface area contributed by atoms with Crippen molar-refractivity contribution in [1.82, 2.24) is 4.31 Å². The van der Waals surface area contributed by atoms with Crippen molar-refractivity contribution in [2.75, 3.05) is 32.3 Å². The number of sulfonamides is 1. The van der Waals surface area contributed by atoms with E-state index in [-0.39, 0.29) is 24.6 Å². The van der Waals surface area contributed by atoms with E-state index in [1.54, 1.807) is 0 Å². The van der Waals surface area contributed by atoms with Crippen LogP contribution >= 0.6 is 11.6 Å². The summed E-state index contributed by atoms with van der Waals surface area (Å²) in [6.07, 6.45) is 0.0501. The molecule has 0 amide bonds. The van der Waals surface area contributed by atoms with Crippen molar-refractivity contribution >= 4 is 27.6 Å². The third-order valence-electron chi connectivity index (χ3n) is 1.67. The smallest absolute Gasteiger partial charge is 0.306 e. The summed E-state index contributed by atoms with van der Waals surface area (Å²) in [7, 11) is -0.654. The van der Waals surface area contributed by atoms with Gasteiger partial charge in [-0.3, -0.25) is 4.79 Å². The van der Waals surface area contributed by atoms with E-state index in [2.05, 4.69) is 4.74 Å². The van der Waals surface area contributed by atoms with E-state index in [0.29, 0.717) is 0 Å². The van der Waals surface area contributed by atoms with E-state index >= 15 is 0 Å². The number of halogens is 1. The molecule has 0 aliphatic heterocycles. The summed E-state index contributed by atoms with van der Waals surface area (Å²) in [5, 5.41) is 0. The summed E-state index contributed by atoms with van der Waals surface area (Å²) in [6.45, 7) is 0.117. The fourth-order valence-electron chi connectivity index (χ4n) is 0.743. The highest BCUT2D eigenvalue weighted by Crippen LogP contribution is 2.00. The molecule has 0 aliphatic rings. The van der Waals surface area contributed by atoms with Crippen LogP contribution in [0.3, 0.4) is 0 Å². The lowest BCUT2D eigenvalue weighted by atomic mass is 10.4. The fraction of sp³-hybridized carbons (Fsp3) is 0.857. The molecule has 0 heterocycles. The molecule has 0 bridgehead atoms. The predicted molar refractivity (Wildman–Crippen MR) is 53.8 cm³/mol. The van der Waals surface area contributed by atoms with Crippen LogP contribution in [0.2, 0.25) is 0 Å². The minimum atomic E-state index is -3.32. The van der Waals surface area contributed by atoms with Crippen molar-refractivity contribution in [3.63, 3.8) is 0 Å². The van der Waals surface area contributed by atoms with Gasteiger partial charge in [-0.2, -0.15) is 0 Å². The second-order valence-corrected chi connectivity index (χ2v) is 5.23. The lowest BCUT2D eigenvalue weighted by Crippen LogP contribution is -2.31. The Morgan fingerprint density at radius 3 is 2.50 bits per heavy atom. The van der Waals surface area contributed by atoms with Crippen LogP contribution in [0.15, 0.2) is 0 Å². The molecule has 0 atom stereocenters. The van der Waals surface area contributed by atoms with Gasteiger partial charge in [-0.25, -0.2) is 12.7 Å². The number of nitrogens with zero attached hydrogens (tertiary/aromatic N) is 1. The Hall–Kier alpha value is -0.330. The average molecular weight is 244 g/mol. The molecule has 0 saturated heterocycles. The SMILES string of the molecule is COC(=O)CCN(C)S(=O)(=O)CCCl. The van der Waals surface area contributed by atoms with Gasteiger partial charge in [0.15, 0.2) is 0 Å². The Kier molecular flexibility index (Phi) is 6.06. The first-order valence-electron chi connectivity index (χ1n) is 4.01. The number of esters is 1. The number of methoxy groups -OCH3 is 1. The summed E-state index contributed by atoms with van der Waals surface area (Å²) in [5.41, 5.74) is 0. The van der Waals surface area contributed by atoms with E-state index < -0.39 is 16.0 Å². The van der Waals surface area contributed by atoms with Crippen LogP contribution in [0.25, 0.3) is 0 Å². The second-order valence-electron chi connectivity index (χ2n) is 2.65. The largest absolute Gasteiger partial charge is 0.469 e. The molecule has 0 aromatic carbocycles. The van der Waals surface area contributed by atoms with E-state index in [4.69, 9.17) is 11.6 Å². The van der Waals surface area contributed by atoms with Gasteiger partial charge in [-0.05, 0) is 0 Å². The molecule has 7 heteroatoms. The number of ether oxygens (including phenoxy) is 1. The van der Waals surface area contributed by atoms with Crippen LogP contribution in [0.1, 0.15) is 6.42 Å². The van der Waals surface area contributed by atoms with Gasteiger partial charge in [-0.15, -0.1) is 11.6 Å².